The molecule has 0 saturated carbocycles. The number of aromatic amines is 1. The van der Waals surface area contributed by atoms with Gasteiger partial charge in [0.05, 0.1) is 12.9 Å². The minimum absolute atomic E-state index is 0.114. The summed E-state index contributed by atoms with van der Waals surface area (Å²) in [6.45, 7) is 0. The molecule has 0 aliphatic heterocycles. The fourth-order valence-corrected chi connectivity index (χ4v) is 3.17. The van der Waals surface area contributed by atoms with Crippen LogP contribution in [-0.4, -0.2) is 23.6 Å². The fourth-order valence-electron chi connectivity index (χ4n) is 2.26. The Morgan fingerprint density at radius 3 is 2.76 bits per heavy atom. The Labute approximate surface area is 127 Å². The summed E-state index contributed by atoms with van der Waals surface area (Å²) in [5.41, 5.74) is 1.73. The smallest absolute Gasteiger partial charge is 0.175 e. The number of H-pyrrole nitrogens is 1. The first-order valence-electron chi connectivity index (χ1n) is 6.64. The monoisotopic (exact) mass is 297 g/mol. The predicted octanol–water partition coefficient (Wildman–Crippen LogP) is 4.15. The van der Waals surface area contributed by atoms with Crippen LogP contribution in [-0.2, 0) is 0 Å². The van der Waals surface area contributed by atoms with Gasteiger partial charge in [0.2, 0.25) is 0 Å². The molecule has 106 valence electrons. The third kappa shape index (κ3) is 2.81. The number of thioether (sulfide) groups is 1. The number of carbonyl (C=O) groups is 1. The Balaban J connectivity index is 1.78. The zero-order chi connectivity index (χ0) is 14.7. The molecule has 0 saturated heterocycles. The average Bonchev–Trinajstić information content (AvgIpc) is 2.97. The van der Waals surface area contributed by atoms with Crippen molar-refractivity contribution in [1.82, 2.24) is 4.98 Å². The van der Waals surface area contributed by atoms with Gasteiger partial charge < -0.3 is 9.72 Å². The van der Waals surface area contributed by atoms with Crippen LogP contribution >= 0.6 is 11.8 Å². The van der Waals surface area contributed by atoms with Gasteiger partial charge >= 0.3 is 0 Å². The molecule has 0 fully saturated rings. The van der Waals surface area contributed by atoms with Crippen LogP contribution in [0, 0.1) is 0 Å². The summed E-state index contributed by atoms with van der Waals surface area (Å²) in [4.78, 5) is 16.5. The topological polar surface area (TPSA) is 42.1 Å². The van der Waals surface area contributed by atoms with E-state index in [9.17, 15) is 4.79 Å². The van der Waals surface area contributed by atoms with E-state index in [-0.39, 0.29) is 5.78 Å². The molecule has 1 aromatic heterocycles. The average molecular weight is 297 g/mol. The van der Waals surface area contributed by atoms with E-state index in [1.165, 1.54) is 11.8 Å². The van der Waals surface area contributed by atoms with Gasteiger partial charge in [0.15, 0.2) is 5.78 Å². The molecule has 3 nitrogen and oxygen atoms in total. The van der Waals surface area contributed by atoms with Gasteiger partial charge in [0, 0.05) is 27.6 Å². The molecular formula is C17H15NO2S. The number of Topliss-reactive ketones (excluding diaryl/α,β-unsaturated/α-hetero) is 1. The summed E-state index contributed by atoms with van der Waals surface area (Å²) in [6.07, 6.45) is 1.79. The van der Waals surface area contributed by atoms with Crippen LogP contribution < -0.4 is 4.74 Å². The molecule has 1 N–H and O–H groups in total. The summed E-state index contributed by atoms with van der Waals surface area (Å²) in [7, 11) is 1.64. The van der Waals surface area contributed by atoms with Crippen LogP contribution in [0.3, 0.4) is 0 Å². The van der Waals surface area contributed by atoms with Gasteiger partial charge in [0.25, 0.3) is 0 Å². The molecule has 0 amide bonds. The van der Waals surface area contributed by atoms with E-state index in [0.29, 0.717) is 5.75 Å². The highest BCUT2D eigenvalue weighted by atomic mass is 32.2. The number of hydrogen-bond donors (Lipinski definition) is 1. The lowest BCUT2D eigenvalue weighted by Gasteiger charge is -2.06. The SMILES string of the molecule is COc1ccccc1SCC(=O)c1c[nH]c2ccccc12. The van der Waals surface area contributed by atoms with Crippen molar-refractivity contribution >= 4 is 28.4 Å². The lowest BCUT2D eigenvalue weighted by molar-refractivity contribution is 0.102. The van der Waals surface area contributed by atoms with E-state index in [4.69, 9.17) is 4.74 Å². The van der Waals surface area contributed by atoms with Crippen LogP contribution in [0.15, 0.2) is 59.6 Å². The number of fused-ring (bicyclic) bond motifs is 1. The first kappa shape index (κ1) is 13.8. The molecule has 0 aliphatic carbocycles. The first-order chi connectivity index (χ1) is 10.3. The lowest BCUT2D eigenvalue weighted by Crippen LogP contribution is -2.01. The fraction of sp³-hybridized carbons (Fsp3) is 0.118. The highest BCUT2D eigenvalue weighted by Crippen LogP contribution is 2.29. The number of ketones is 1. The number of rotatable bonds is 5. The second kappa shape index (κ2) is 6.06. The summed E-state index contributed by atoms with van der Waals surface area (Å²) >= 11 is 1.50. The third-order valence-corrected chi connectivity index (χ3v) is 4.37. The zero-order valence-corrected chi connectivity index (χ0v) is 12.4. The van der Waals surface area contributed by atoms with Gasteiger partial charge in [-0.2, -0.15) is 0 Å². The van der Waals surface area contributed by atoms with E-state index >= 15 is 0 Å². The third-order valence-electron chi connectivity index (χ3n) is 3.32. The number of nitrogens with one attached hydrogen (secondary N) is 1. The molecule has 3 aromatic rings. The van der Waals surface area contributed by atoms with E-state index in [0.717, 1.165) is 27.1 Å². The van der Waals surface area contributed by atoms with Gasteiger partial charge in [-0.1, -0.05) is 30.3 Å². The van der Waals surface area contributed by atoms with Gasteiger partial charge in [-0.25, -0.2) is 0 Å². The van der Waals surface area contributed by atoms with Gasteiger partial charge in [-0.05, 0) is 18.2 Å². The largest absolute Gasteiger partial charge is 0.496 e. The second-order valence-corrected chi connectivity index (χ2v) is 5.63. The van der Waals surface area contributed by atoms with E-state index in [1.807, 2.05) is 48.5 Å². The number of hydrogen-bond acceptors (Lipinski definition) is 3. The standard InChI is InChI=1S/C17H15NO2S/c1-20-16-8-4-5-9-17(16)21-11-15(19)13-10-18-14-7-3-2-6-12(13)14/h2-10,18H,11H2,1H3. The van der Waals surface area contributed by atoms with Gasteiger partial charge in [-0.3, -0.25) is 4.79 Å². The van der Waals surface area contributed by atoms with Crippen molar-refractivity contribution in [2.75, 3.05) is 12.9 Å². The molecular weight excluding hydrogens is 282 g/mol. The zero-order valence-electron chi connectivity index (χ0n) is 11.6. The Kier molecular flexibility index (Phi) is 3.97. The van der Waals surface area contributed by atoms with Crippen molar-refractivity contribution < 1.29 is 9.53 Å². The Hall–Kier alpha value is -2.20. The summed E-state index contributed by atoms with van der Waals surface area (Å²) in [5.74, 6) is 1.31. The molecule has 0 unspecified atom stereocenters. The molecule has 21 heavy (non-hydrogen) atoms. The summed E-state index contributed by atoms with van der Waals surface area (Å²) in [5, 5.41) is 0.975. The van der Waals surface area contributed by atoms with Crippen molar-refractivity contribution in [2.24, 2.45) is 0 Å². The minimum Gasteiger partial charge on any atom is -0.496 e. The molecule has 2 aromatic carbocycles. The van der Waals surface area contributed by atoms with E-state index < -0.39 is 0 Å². The number of para-hydroxylation sites is 2. The summed E-state index contributed by atoms with van der Waals surface area (Å²) < 4.78 is 5.30. The van der Waals surface area contributed by atoms with Crippen LogP contribution in [0.1, 0.15) is 10.4 Å². The quantitative estimate of drug-likeness (QED) is 0.568. The van der Waals surface area contributed by atoms with Crippen LogP contribution in [0.5, 0.6) is 5.75 Å². The number of aromatic nitrogens is 1. The van der Waals surface area contributed by atoms with Gasteiger partial charge in [0.1, 0.15) is 5.75 Å². The Bertz CT molecular complexity index is 779. The van der Waals surface area contributed by atoms with E-state index in [1.54, 1.807) is 13.3 Å². The van der Waals surface area contributed by atoms with Crippen molar-refractivity contribution in [3.05, 3.63) is 60.3 Å². The number of methoxy groups -OCH3 is 1. The van der Waals surface area contributed by atoms with Crippen LogP contribution in [0.2, 0.25) is 0 Å². The lowest BCUT2D eigenvalue weighted by atomic mass is 10.1. The van der Waals surface area contributed by atoms with Crippen LogP contribution in [0.25, 0.3) is 10.9 Å². The minimum atomic E-state index is 0.114. The number of ether oxygens (including phenoxy) is 1. The molecule has 0 spiro atoms. The molecule has 3 rings (SSSR count). The normalized spacial score (nSPS) is 10.7. The van der Waals surface area contributed by atoms with Crippen LogP contribution in [0.4, 0.5) is 0 Å². The first-order valence-corrected chi connectivity index (χ1v) is 7.63. The van der Waals surface area contributed by atoms with Crippen molar-refractivity contribution in [3.8, 4) is 5.75 Å². The highest BCUT2D eigenvalue weighted by Gasteiger charge is 2.13. The van der Waals surface area contributed by atoms with Crippen molar-refractivity contribution in [3.63, 3.8) is 0 Å². The van der Waals surface area contributed by atoms with Crippen molar-refractivity contribution in [2.45, 2.75) is 4.90 Å². The molecule has 0 aliphatic rings. The highest BCUT2D eigenvalue weighted by molar-refractivity contribution is 8.00. The molecule has 4 heteroatoms. The molecule has 0 radical (unpaired) electrons. The molecule has 0 atom stereocenters. The summed E-state index contributed by atoms with van der Waals surface area (Å²) in [6, 6.07) is 15.6. The Morgan fingerprint density at radius 1 is 1.14 bits per heavy atom. The number of benzene rings is 2. The maximum Gasteiger partial charge on any atom is 0.175 e. The van der Waals surface area contributed by atoms with Crippen molar-refractivity contribution in [1.29, 1.82) is 0 Å². The maximum absolute atomic E-state index is 12.4. The number of carbonyl (C=O) groups excluding carboxylic acids is 1. The molecule has 0 bridgehead atoms. The Morgan fingerprint density at radius 2 is 1.90 bits per heavy atom. The predicted molar refractivity (Wildman–Crippen MR) is 86.3 cm³/mol. The van der Waals surface area contributed by atoms with E-state index in [2.05, 4.69) is 4.98 Å². The maximum atomic E-state index is 12.4. The van der Waals surface area contributed by atoms with Gasteiger partial charge in [-0.15, -0.1) is 11.8 Å². The molecule has 1 heterocycles. The second-order valence-electron chi connectivity index (χ2n) is 4.61.